The number of halogens is 1. The third kappa shape index (κ3) is 3.89. The molecule has 0 spiro atoms. The molecule has 0 saturated heterocycles. The third-order valence-corrected chi connectivity index (χ3v) is 0.753. The van der Waals surface area contributed by atoms with Crippen molar-refractivity contribution in [2.24, 2.45) is 0 Å². The summed E-state index contributed by atoms with van der Waals surface area (Å²) in [5, 5.41) is 0. The minimum Gasteiger partial charge on any atom is -0.372 e. The Morgan fingerprint density at radius 1 is 1.88 bits per heavy atom. The van der Waals surface area contributed by atoms with Gasteiger partial charge in [0.2, 0.25) is 0 Å². The van der Waals surface area contributed by atoms with E-state index in [4.69, 9.17) is 11.8 Å². The van der Waals surface area contributed by atoms with Crippen molar-refractivity contribution in [3.63, 3.8) is 0 Å². The molecule has 0 aromatic carbocycles. The maximum absolute atomic E-state index is 10.2. The number of ether oxygens (including phenoxy) is 1. The number of hydrogen-bond acceptors (Lipinski definition) is 2. The van der Waals surface area contributed by atoms with Gasteiger partial charge in [0, 0.05) is 18.4 Å². The summed E-state index contributed by atoms with van der Waals surface area (Å²) in [5.41, 5.74) is 0. The second kappa shape index (κ2) is 4.87. The Morgan fingerprint density at radius 3 is 2.88 bits per heavy atom. The van der Waals surface area contributed by atoms with Gasteiger partial charge in [-0.3, -0.25) is 9.63 Å². The van der Waals surface area contributed by atoms with Crippen LogP contribution >= 0.6 is 11.8 Å². The van der Waals surface area contributed by atoms with Crippen molar-refractivity contribution in [3.05, 3.63) is 0 Å². The molecule has 0 aliphatic carbocycles. The second-order valence-electron chi connectivity index (χ2n) is 1.15. The lowest BCUT2D eigenvalue weighted by molar-refractivity contribution is -0.123. The van der Waals surface area contributed by atoms with Crippen LogP contribution in [0.4, 0.5) is 0 Å². The molecule has 0 atom stereocenters. The predicted octanol–water partition coefficient (Wildman–Crippen LogP) is 0.293. The van der Waals surface area contributed by atoms with Gasteiger partial charge in [-0.05, 0) is 6.92 Å². The summed E-state index contributed by atoms with van der Waals surface area (Å²) in [6.07, 6.45) is 0. The van der Waals surface area contributed by atoms with E-state index in [0.29, 0.717) is 6.61 Å². The minimum absolute atomic E-state index is 0.0417. The van der Waals surface area contributed by atoms with Crippen molar-refractivity contribution < 1.29 is 9.53 Å². The molecule has 3 nitrogen and oxygen atoms in total. The predicted molar refractivity (Wildman–Crippen MR) is 30.5 cm³/mol. The van der Waals surface area contributed by atoms with Crippen molar-refractivity contribution in [1.82, 2.24) is 4.84 Å². The van der Waals surface area contributed by atoms with Crippen LogP contribution < -0.4 is 4.84 Å². The number of rotatable bonds is 3. The van der Waals surface area contributed by atoms with E-state index in [9.17, 15) is 4.79 Å². The van der Waals surface area contributed by atoms with Gasteiger partial charge in [0.05, 0.1) is 0 Å². The van der Waals surface area contributed by atoms with E-state index in [-0.39, 0.29) is 12.5 Å². The van der Waals surface area contributed by atoms with E-state index in [2.05, 4.69) is 4.74 Å². The van der Waals surface area contributed by atoms with E-state index in [1.165, 1.54) is 0 Å². The summed E-state index contributed by atoms with van der Waals surface area (Å²) in [4.78, 5) is 12.1. The first-order valence-electron chi connectivity index (χ1n) is 2.28. The molecule has 0 rings (SSSR count). The summed E-state index contributed by atoms with van der Waals surface area (Å²) in [5.74, 6) is -0.312. The normalized spacial score (nSPS) is 8.75. The first kappa shape index (κ1) is 7.72. The highest BCUT2D eigenvalue weighted by Gasteiger charge is 1.94. The smallest absolute Gasteiger partial charge is 0.260 e. The molecule has 8 heavy (non-hydrogen) atoms. The highest BCUT2D eigenvalue weighted by Crippen LogP contribution is 1.73. The molecule has 0 aliphatic rings. The van der Waals surface area contributed by atoms with E-state index in [1.807, 2.05) is 11.8 Å². The lowest BCUT2D eigenvalue weighted by Crippen LogP contribution is -2.18. The third-order valence-electron chi connectivity index (χ3n) is 0.543. The summed E-state index contributed by atoms with van der Waals surface area (Å²) >= 11 is 4.91. The highest BCUT2D eigenvalue weighted by molar-refractivity contribution is 6.21. The van der Waals surface area contributed by atoms with E-state index in [1.54, 1.807) is 0 Å². The van der Waals surface area contributed by atoms with Gasteiger partial charge in [0.25, 0.3) is 5.91 Å². The van der Waals surface area contributed by atoms with Gasteiger partial charge < -0.3 is 4.74 Å². The fourth-order valence-electron chi connectivity index (χ4n) is 0.222. The van der Waals surface area contributed by atoms with Crippen molar-refractivity contribution in [2.75, 3.05) is 13.2 Å². The summed E-state index contributed by atoms with van der Waals surface area (Å²) in [6, 6.07) is 0. The molecule has 0 radical (unpaired) electrons. The summed E-state index contributed by atoms with van der Waals surface area (Å²) < 4.78 is 4.69. The lowest BCUT2D eigenvalue weighted by Gasteiger charge is -1.94. The Kier molecular flexibility index (Phi) is 4.70. The van der Waals surface area contributed by atoms with Gasteiger partial charge in [-0.15, -0.1) is 0 Å². The van der Waals surface area contributed by atoms with E-state index < -0.39 is 0 Å². The molecular formula is C4H8ClNO2. The number of carbonyl (C=O) groups is 1. The number of carbonyl (C=O) groups excluding carboxylic acids is 1. The van der Waals surface area contributed by atoms with Crippen LogP contribution in [0.2, 0.25) is 0 Å². The molecule has 0 heterocycles. The number of amides is 1. The Bertz CT molecular complexity index is 76.4. The van der Waals surface area contributed by atoms with Crippen molar-refractivity contribution >= 4 is 17.7 Å². The molecule has 0 fully saturated rings. The highest BCUT2D eigenvalue weighted by atomic mass is 35.5. The molecular weight excluding hydrogens is 130 g/mol. The summed E-state index contributed by atoms with van der Waals surface area (Å²) in [6.45, 7) is 2.38. The van der Waals surface area contributed by atoms with Crippen molar-refractivity contribution in [2.45, 2.75) is 6.92 Å². The zero-order valence-electron chi connectivity index (χ0n) is 4.61. The largest absolute Gasteiger partial charge is 0.372 e. The quantitative estimate of drug-likeness (QED) is 0.568. The Hall–Kier alpha value is -0.280. The Labute approximate surface area is 53.1 Å². The van der Waals surface area contributed by atoms with Crippen LogP contribution in [0.1, 0.15) is 6.92 Å². The fraction of sp³-hybridized carbons (Fsp3) is 0.750. The van der Waals surface area contributed by atoms with Crippen LogP contribution in [0.25, 0.3) is 0 Å². The van der Waals surface area contributed by atoms with Crippen LogP contribution in [-0.4, -0.2) is 19.1 Å². The van der Waals surface area contributed by atoms with Crippen LogP contribution in [0.3, 0.4) is 0 Å². The van der Waals surface area contributed by atoms with Gasteiger partial charge in [-0.25, -0.2) is 0 Å². The van der Waals surface area contributed by atoms with Crippen LogP contribution in [0.5, 0.6) is 0 Å². The first-order chi connectivity index (χ1) is 3.81. The minimum atomic E-state index is -0.312. The van der Waals surface area contributed by atoms with Crippen LogP contribution in [0.15, 0.2) is 0 Å². The van der Waals surface area contributed by atoms with Crippen LogP contribution in [0, 0.1) is 0 Å². The molecule has 1 amide bonds. The maximum Gasteiger partial charge on any atom is 0.260 e. The molecule has 0 saturated carbocycles. The molecule has 0 aromatic heterocycles. The zero-order chi connectivity index (χ0) is 6.41. The molecule has 0 bridgehead atoms. The Morgan fingerprint density at radius 2 is 2.50 bits per heavy atom. The van der Waals surface area contributed by atoms with Crippen molar-refractivity contribution in [1.29, 1.82) is 0 Å². The van der Waals surface area contributed by atoms with Gasteiger partial charge in [0.1, 0.15) is 6.61 Å². The topological polar surface area (TPSA) is 38.3 Å². The first-order valence-corrected chi connectivity index (χ1v) is 2.66. The summed E-state index contributed by atoms with van der Waals surface area (Å²) in [7, 11) is 0. The number of nitrogens with one attached hydrogen (secondary N) is 1. The average Bonchev–Trinajstić information content (AvgIpc) is 1.83. The second-order valence-corrected chi connectivity index (χ2v) is 1.34. The van der Waals surface area contributed by atoms with Gasteiger partial charge in [-0.1, -0.05) is 0 Å². The van der Waals surface area contributed by atoms with Gasteiger partial charge >= 0.3 is 0 Å². The standard InChI is InChI=1S/C4H8ClNO2/c1-2-8-3-4(7)6-5/h2-3H2,1H3,(H,6,7). The fourth-order valence-corrected chi connectivity index (χ4v) is 0.277. The van der Waals surface area contributed by atoms with E-state index >= 15 is 0 Å². The molecule has 1 N–H and O–H groups in total. The SMILES string of the molecule is CCOCC(=O)NCl. The molecule has 0 unspecified atom stereocenters. The molecule has 48 valence electrons. The molecule has 4 heteroatoms. The molecule has 0 aromatic rings. The maximum atomic E-state index is 10.2. The average molecular weight is 138 g/mol. The Balaban J connectivity index is 2.99. The van der Waals surface area contributed by atoms with Gasteiger partial charge in [-0.2, -0.15) is 0 Å². The van der Waals surface area contributed by atoms with Gasteiger partial charge in [0.15, 0.2) is 0 Å². The molecule has 0 aliphatic heterocycles. The number of hydrogen-bond donors (Lipinski definition) is 1. The monoisotopic (exact) mass is 137 g/mol. The van der Waals surface area contributed by atoms with Crippen molar-refractivity contribution in [3.8, 4) is 0 Å². The van der Waals surface area contributed by atoms with E-state index in [0.717, 1.165) is 0 Å². The lowest BCUT2D eigenvalue weighted by atomic mass is 10.7. The van der Waals surface area contributed by atoms with Crippen LogP contribution in [-0.2, 0) is 9.53 Å². The zero-order valence-corrected chi connectivity index (χ0v) is 5.36.